The number of rotatable bonds is 6. The molecular weight excluding hydrogens is 603 g/mol. The summed E-state index contributed by atoms with van der Waals surface area (Å²) in [5.41, 5.74) is 16.0. The summed E-state index contributed by atoms with van der Waals surface area (Å²) in [4.78, 5) is 2.43. The Morgan fingerprint density at radius 2 is 0.940 bits per heavy atom. The van der Waals surface area contributed by atoms with E-state index in [1.807, 2.05) is 0 Å². The summed E-state index contributed by atoms with van der Waals surface area (Å²) in [6.07, 6.45) is 0. The van der Waals surface area contributed by atoms with Gasteiger partial charge in [0.05, 0.1) is 11.4 Å². The molecule has 0 fully saturated rings. The maximum absolute atomic E-state index is 2.43. The van der Waals surface area contributed by atoms with Crippen LogP contribution in [-0.2, 0) is 5.41 Å². The smallest absolute Gasteiger partial charge is 0.0540 e. The van der Waals surface area contributed by atoms with Crippen LogP contribution in [0.1, 0.15) is 25.0 Å². The third kappa shape index (κ3) is 4.94. The summed E-state index contributed by atoms with van der Waals surface area (Å²) in [7, 11) is 0. The Labute approximate surface area is 294 Å². The minimum absolute atomic E-state index is 0.0548. The van der Waals surface area contributed by atoms with Gasteiger partial charge in [0.1, 0.15) is 0 Å². The zero-order valence-electron chi connectivity index (χ0n) is 28.3. The fourth-order valence-corrected chi connectivity index (χ4v) is 8.00. The maximum atomic E-state index is 2.43. The van der Waals surface area contributed by atoms with Gasteiger partial charge in [-0.2, -0.15) is 0 Å². The van der Waals surface area contributed by atoms with Crippen molar-refractivity contribution in [2.75, 3.05) is 4.90 Å². The number of hydrogen-bond donors (Lipinski definition) is 0. The fraction of sp³-hybridized carbons (Fsp3) is 0.0612. The zero-order valence-corrected chi connectivity index (χ0v) is 28.3. The molecule has 50 heavy (non-hydrogen) atoms. The predicted molar refractivity (Wildman–Crippen MR) is 213 cm³/mol. The Balaban J connectivity index is 1.28. The molecule has 0 saturated carbocycles. The Bertz CT molecular complexity index is 2510. The van der Waals surface area contributed by atoms with Crippen LogP contribution in [0.4, 0.5) is 17.1 Å². The molecule has 0 aliphatic heterocycles. The van der Waals surface area contributed by atoms with Gasteiger partial charge in [-0.25, -0.2) is 0 Å². The van der Waals surface area contributed by atoms with Crippen molar-refractivity contribution in [3.8, 4) is 44.5 Å². The van der Waals surface area contributed by atoms with Crippen LogP contribution in [0, 0.1) is 0 Å². The molecule has 1 heteroatoms. The van der Waals surface area contributed by atoms with Crippen molar-refractivity contribution in [2.45, 2.75) is 19.3 Å². The zero-order chi connectivity index (χ0) is 33.7. The van der Waals surface area contributed by atoms with E-state index in [-0.39, 0.29) is 5.41 Å². The lowest BCUT2D eigenvalue weighted by Gasteiger charge is -2.30. The number of para-hydroxylation sites is 2. The number of nitrogens with zero attached hydrogens (tertiary/aromatic N) is 1. The van der Waals surface area contributed by atoms with Crippen molar-refractivity contribution in [3.63, 3.8) is 0 Å². The van der Waals surface area contributed by atoms with Crippen molar-refractivity contribution >= 4 is 27.8 Å². The number of anilines is 3. The van der Waals surface area contributed by atoms with E-state index in [0.29, 0.717) is 0 Å². The average molecular weight is 640 g/mol. The van der Waals surface area contributed by atoms with Crippen LogP contribution in [0.15, 0.2) is 188 Å². The summed E-state index contributed by atoms with van der Waals surface area (Å²) < 4.78 is 0. The van der Waals surface area contributed by atoms with Gasteiger partial charge in [0, 0.05) is 22.2 Å². The monoisotopic (exact) mass is 639 g/mol. The maximum Gasteiger partial charge on any atom is 0.0540 e. The lowest BCUT2D eigenvalue weighted by Crippen LogP contribution is -2.14. The molecule has 0 amide bonds. The van der Waals surface area contributed by atoms with E-state index in [4.69, 9.17) is 0 Å². The minimum Gasteiger partial charge on any atom is -0.309 e. The molecule has 0 saturated heterocycles. The first kappa shape index (κ1) is 29.9. The minimum atomic E-state index is -0.0548. The van der Waals surface area contributed by atoms with E-state index in [1.54, 1.807) is 0 Å². The topological polar surface area (TPSA) is 3.24 Å². The van der Waals surface area contributed by atoms with Gasteiger partial charge in [-0.3, -0.25) is 0 Å². The molecule has 0 atom stereocenters. The van der Waals surface area contributed by atoms with Gasteiger partial charge in [-0.1, -0.05) is 166 Å². The summed E-state index contributed by atoms with van der Waals surface area (Å²) in [6, 6.07) is 68.6. The third-order valence-corrected chi connectivity index (χ3v) is 10.5. The van der Waals surface area contributed by atoms with E-state index < -0.39 is 0 Å². The number of hydrogen-bond acceptors (Lipinski definition) is 1. The molecule has 0 spiro atoms. The molecule has 0 radical (unpaired) electrons. The number of benzene rings is 8. The van der Waals surface area contributed by atoms with Gasteiger partial charge < -0.3 is 4.90 Å². The summed E-state index contributed by atoms with van der Waals surface area (Å²) in [5.74, 6) is 0. The van der Waals surface area contributed by atoms with Crippen molar-refractivity contribution < 1.29 is 0 Å². The second kappa shape index (κ2) is 12.1. The standard InChI is InChI=1S/C49H37N/c1-49(2)44-25-13-11-23-42(44)48-41(24-15-26-45(48)49)38-30-31-47(43(33-38)35-17-5-3-6-18-35)50(39-20-7-4-8-21-39)46-27-14-12-22-40(46)37-29-28-34-16-9-10-19-36(34)32-37/h3-33H,1-2H3. The van der Waals surface area contributed by atoms with E-state index in [0.717, 1.165) is 17.1 Å². The van der Waals surface area contributed by atoms with Crippen molar-refractivity contribution in [2.24, 2.45) is 0 Å². The van der Waals surface area contributed by atoms with Crippen LogP contribution in [0.25, 0.3) is 55.3 Å². The van der Waals surface area contributed by atoms with Crippen LogP contribution in [0.5, 0.6) is 0 Å². The third-order valence-electron chi connectivity index (χ3n) is 10.5. The SMILES string of the molecule is CC1(C)c2ccccc2-c2c(-c3ccc(N(c4ccccc4)c4ccccc4-c4ccc5ccccc5c4)c(-c4ccccc4)c3)cccc21. The Kier molecular flexibility index (Phi) is 7.21. The summed E-state index contributed by atoms with van der Waals surface area (Å²) >= 11 is 0. The molecule has 0 heterocycles. The molecule has 0 N–H and O–H groups in total. The molecule has 0 bridgehead atoms. The average Bonchev–Trinajstić information content (AvgIpc) is 3.42. The van der Waals surface area contributed by atoms with Gasteiger partial charge in [-0.05, 0) is 91.7 Å². The second-order valence-electron chi connectivity index (χ2n) is 13.7. The van der Waals surface area contributed by atoms with Crippen LogP contribution in [0.3, 0.4) is 0 Å². The first-order valence-corrected chi connectivity index (χ1v) is 17.4. The lowest BCUT2D eigenvalue weighted by atomic mass is 9.82. The molecule has 0 unspecified atom stereocenters. The Hall–Kier alpha value is -6.18. The quantitative estimate of drug-likeness (QED) is 0.175. The highest BCUT2D eigenvalue weighted by Crippen LogP contribution is 2.53. The molecule has 8 aromatic carbocycles. The lowest BCUT2D eigenvalue weighted by molar-refractivity contribution is 0.660. The predicted octanol–water partition coefficient (Wildman–Crippen LogP) is 13.6. The molecule has 1 aliphatic rings. The molecule has 238 valence electrons. The molecular formula is C49H37N. The van der Waals surface area contributed by atoms with Crippen LogP contribution < -0.4 is 4.90 Å². The van der Waals surface area contributed by atoms with Gasteiger partial charge in [-0.15, -0.1) is 0 Å². The summed E-state index contributed by atoms with van der Waals surface area (Å²) in [6.45, 7) is 4.70. The molecule has 9 rings (SSSR count). The Morgan fingerprint density at radius 3 is 1.76 bits per heavy atom. The normalized spacial score (nSPS) is 12.8. The van der Waals surface area contributed by atoms with Crippen LogP contribution >= 0.6 is 0 Å². The molecule has 8 aromatic rings. The first-order chi connectivity index (χ1) is 24.6. The second-order valence-corrected chi connectivity index (χ2v) is 13.7. The molecule has 1 aliphatic carbocycles. The first-order valence-electron chi connectivity index (χ1n) is 17.4. The van der Waals surface area contributed by atoms with Gasteiger partial charge in [0.15, 0.2) is 0 Å². The molecule has 0 aromatic heterocycles. The highest BCUT2D eigenvalue weighted by atomic mass is 15.1. The van der Waals surface area contributed by atoms with Gasteiger partial charge >= 0.3 is 0 Å². The van der Waals surface area contributed by atoms with Gasteiger partial charge in [0.2, 0.25) is 0 Å². The van der Waals surface area contributed by atoms with E-state index in [2.05, 4.69) is 207 Å². The highest BCUT2D eigenvalue weighted by molar-refractivity contribution is 5.99. The van der Waals surface area contributed by atoms with E-state index in [1.165, 1.54) is 66.4 Å². The van der Waals surface area contributed by atoms with Crippen LogP contribution in [-0.4, -0.2) is 0 Å². The van der Waals surface area contributed by atoms with Crippen molar-refractivity contribution in [3.05, 3.63) is 199 Å². The van der Waals surface area contributed by atoms with Crippen LogP contribution in [0.2, 0.25) is 0 Å². The fourth-order valence-electron chi connectivity index (χ4n) is 8.00. The van der Waals surface area contributed by atoms with E-state index >= 15 is 0 Å². The van der Waals surface area contributed by atoms with Gasteiger partial charge in [0.25, 0.3) is 0 Å². The largest absolute Gasteiger partial charge is 0.309 e. The molecule has 1 nitrogen and oxygen atoms in total. The van der Waals surface area contributed by atoms with Crippen molar-refractivity contribution in [1.29, 1.82) is 0 Å². The number of fused-ring (bicyclic) bond motifs is 4. The highest BCUT2D eigenvalue weighted by Gasteiger charge is 2.36. The summed E-state index contributed by atoms with van der Waals surface area (Å²) in [5, 5.41) is 2.48. The van der Waals surface area contributed by atoms with Crippen molar-refractivity contribution in [1.82, 2.24) is 0 Å². The van der Waals surface area contributed by atoms with E-state index in [9.17, 15) is 0 Å². The Morgan fingerprint density at radius 1 is 0.360 bits per heavy atom.